The number of pyridine rings is 1. The maximum absolute atomic E-state index is 4.44. The standard InChI is InChI=1S/C11H17BrN2S/c1-8-9(12)5-6-10(14-8)13-7-11(2,3)15-4/h5-6H,7H2,1-4H3,(H,13,14). The normalized spacial score (nSPS) is 11.5. The number of halogens is 1. The zero-order valence-electron chi connectivity index (χ0n) is 9.60. The van der Waals surface area contributed by atoms with Crippen molar-refractivity contribution >= 4 is 33.5 Å². The molecule has 15 heavy (non-hydrogen) atoms. The Bertz CT molecular complexity index is 339. The summed E-state index contributed by atoms with van der Waals surface area (Å²) in [6.07, 6.45) is 2.13. The van der Waals surface area contributed by atoms with Crippen molar-refractivity contribution in [2.45, 2.75) is 25.5 Å². The topological polar surface area (TPSA) is 24.9 Å². The van der Waals surface area contributed by atoms with Crippen molar-refractivity contribution in [3.05, 3.63) is 22.3 Å². The SMILES string of the molecule is CSC(C)(C)CNc1ccc(Br)c(C)n1. The lowest BCUT2D eigenvalue weighted by molar-refractivity contribution is 0.749. The molecule has 0 fully saturated rings. The molecular formula is C11H17BrN2S. The Morgan fingerprint density at radius 3 is 2.67 bits per heavy atom. The molecule has 0 aromatic carbocycles. The van der Waals surface area contributed by atoms with Gasteiger partial charge in [0.15, 0.2) is 0 Å². The average Bonchev–Trinajstić information content (AvgIpc) is 2.20. The van der Waals surface area contributed by atoms with Crippen molar-refractivity contribution in [2.24, 2.45) is 0 Å². The van der Waals surface area contributed by atoms with Crippen LogP contribution in [0, 0.1) is 6.92 Å². The zero-order valence-corrected chi connectivity index (χ0v) is 12.0. The third kappa shape index (κ3) is 4.03. The van der Waals surface area contributed by atoms with E-state index in [4.69, 9.17) is 0 Å². The Hall–Kier alpha value is -0.220. The number of aryl methyl sites for hydroxylation is 1. The Balaban J connectivity index is 2.62. The third-order valence-corrected chi connectivity index (χ3v) is 4.36. The molecule has 1 aromatic rings. The number of hydrogen-bond donors (Lipinski definition) is 1. The molecule has 1 N–H and O–H groups in total. The molecule has 0 aliphatic carbocycles. The molecule has 0 saturated carbocycles. The van der Waals surface area contributed by atoms with Crippen LogP contribution in [0.1, 0.15) is 19.5 Å². The predicted octanol–water partition coefficient (Wildman–Crippen LogP) is 3.71. The van der Waals surface area contributed by atoms with Crippen molar-refractivity contribution < 1.29 is 0 Å². The van der Waals surface area contributed by atoms with Gasteiger partial charge < -0.3 is 5.32 Å². The lowest BCUT2D eigenvalue weighted by atomic mass is 10.2. The zero-order chi connectivity index (χ0) is 11.5. The largest absolute Gasteiger partial charge is 0.369 e. The molecule has 0 atom stereocenters. The van der Waals surface area contributed by atoms with Crippen LogP contribution in [0.25, 0.3) is 0 Å². The molecule has 1 aromatic heterocycles. The van der Waals surface area contributed by atoms with E-state index in [0.29, 0.717) is 0 Å². The van der Waals surface area contributed by atoms with Crippen molar-refractivity contribution in [3.63, 3.8) is 0 Å². The summed E-state index contributed by atoms with van der Waals surface area (Å²) in [5.74, 6) is 0.942. The Morgan fingerprint density at radius 2 is 2.13 bits per heavy atom. The van der Waals surface area contributed by atoms with Crippen molar-refractivity contribution in [2.75, 3.05) is 18.1 Å². The van der Waals surface area contributed by atoms with Crippen LogP contribution in [-0.4, -0.2) is 22.5 Å². The van der Waals surface area contributed by atoms with Crippen LogP contribution in [0.15, 0.2) is 16.6 Å². The van der Waals surface area contributed by atoms with Crippen LogP contribution in [-0.2, 0) is 0 Å². The minimum atomic E-state index is 0.239. The van der Waals surface area contributed by atoms with Gasteiger partial charge in [-0.3, -0.25) is 0 Å². The molecule has 1 rings (SSSR count). The van der Waals surface area contributed by atoms with Gasteiger partial charge in [-0.2, -0.15) is 11.8 Å². The van der Waals surface area contributed by atoms with Gasteiger partial charge in [-0.1, -0.05) is 0 Å². The van der Waals surface area contributed by atoms with E-state index in [1.165, 1.54) is 0 Å². The molecule has 4 heteroatoms. The molecule has 0 aliphatic heterocycles. The molecule has 0 spiro atoms. The van der Waals surface area contributed by atoms with Crippen LogP contribution >= 0.6 is 27.7 Å². The fraction of sp³-hybridized carbons (Fsp3) is 0.545. The maximum Gasteiger partial charge on any atom is 0.126 e. The van der Waals surface area contributed by atoms with E-state index < -0.39 is 0 Å². The van der Waals surface area contributed by atoms with E-state index in [1.807, 2.05) is 30.8 Å². The monoisotopic (exact) mass is 288 g/mol. The summed E-state index contributed by atoms with van der Waals surface area (Å²) in [6, 6.07) is 4.02. The summed E-state index contributed by atoms with van der Waals surface area (Å²) in [4.78, 5) is 4.44. The first kappa shape index (κ1) is 12.8. The molecule has 0 bridgehead atoms. The van der Waals surface area contributed by atoms with Gasteiger partial charge in [0.1, 0.15) is 5.82 Å². The number of hydrogen-bond acceptors (Lipinski definition) is 3. The summed E-state index contributed by atoms with van der Waals surface area (Å²) >= 11 is 5.29. The number of nitrogens with zero attached hydrogens (tertiary/aromatic N) is 1. The van der Waals surface area contributed by atoms with E-state index >= 15 is 0 Å². The van der Waals surface area contributed by atoms with Crippen LogP contribution < -0.4 is 5.32 Å². The molecule has 0 unspecified atom stereocenters. The van der Waals surface area contributed by atoms with E-state index in [-0.39, 0.29) is 4.75 Å². The second kappa shape index (κ2) is 5.21. The lowest BCUT2D eigenvalue weighted by Gasteiger charge is -2.22. The maximum atomic E-state index is 4.44. The second-order valence-corrected chi connectivity index (χ2v) is 6.45. The van der Waals surface area contributed by atoms with Gasteiger partial charge >= 0.3 is 0 Å². The number of anilines is 1. The third-order valence-electron chi connectivity index (χ3n) is 2.27. The number of aromatic nitrogens is 1. The smallest absolute Gasteiger partial charge is 0.126 e. The summed E-state index contributed by atoms with van der Waals surface area (Å²) in [6.45, 7) is 7.35. The van der Waals surface area contributed by atoms with Crippen LogP contribution in [0.4, 0.5) is 5.82 Å². The molecule has 84 valence electrons. The van der Waals surface area contributed by atoms with Gasteiger partial charge in [-0.05, 0) is 55.1 Å². The van der Waals surface area contributed by atoms with E-state index in [1.54, 1.807) is 0 Å². The Labute approximate surface area is 104 Å². The highest BCUT2D eigenvalue weighted by Crippen LogP contribution is 2.22. The molecule has 0 aliphatic rings. The Kier molecular flexibility index (Phi) is 4.46. The Morgan fingerprint density at radius 1 is 1.47 bits per heavy atom. The summed E-state index contributed by atoms with van der Waals surface area (Å²) < 4.78 is 1.29. The van der Waals surface area contributed by atoms with Gasteiger partial charge in [-0.25, -0.2) is 4.98 Å². The van der Waals surface area contributed by atoms with Gasteiger partial charge in [0.2, 0.25) is 0 Å². The van der Waals surface area contributed by atoms with Crippen LogP contribution in [0.3, 0.4) is 0 Å². The second-order valence-electron chi connectivity index (χ2n) is 4.08. The first-order valence-corrected chi connectivity index (χ1v) is 6.88. The molecule has 0 saturated heterocycles. The van der Waals surface area contributed by atoms with E-state index in [0.717, 1.165) is 22.5 Å². The highest BCUT2D eigenvalue weighted by molar-refractivity contribution is 9.10. The van der Waals surface area contributed by atoms with E-state index in [9.17, 15) is 0 Å². The summed E-state index contributed by atoms with van der Waals surface area (Å²) in [5.41, 5.74) is 1.02. The highest BCUT2D eigenvalue weighted by Gasteiger charge is 2.15. The van der Waals surface area contributed by atoms with Gasteiger partial charge in [0, 0.05) is 15.8 Å². The molecular weight excluding hydrogens is 272 g/mol. The highest BCUT2D eigenvalue weighted by atomic mass is 79.9. The minimum absolute atomic E-state index is 0.239. The lowest BCUT2D eigenvalue weighted by Crippen LogP contribution is -2.26. The number of nitrogens with one attached hydrogen (secondary N) is 1. The van der Waals surface area contributed by atoms with Gasteiger partial charge in [-0.15, -0.1) is 0 Å². The summed E-state index contributed by atoms with van der Waals surface area (Å²) in [5, 5.41) is 3.35. The van der Waals surface area contributed by atoms with Crippen molar-refractivity contribution in [1.29, 1.82) is 0 Å². The molecule has 1 heterocycles. The van der Waals surface area contributed by atoms with Gasteiger partial charge in [0.05, 0.1) is 5.69 Å². The molecule has 2 nitrogen and oxygen atoms in total. The fourth-order valence-corrected chi connectivity index (χ4v) is 1.46. The van der Waals surface area contributed by atoms with Crippen LogP contribution in [0.2, 0.25) is 0 Å². The molecule has 0 radical (unpaired) electrons. The van der Waals surface area contributed by atoms with Crippen molar-refractivity contribution in [1.82, 2.24) is 4.98 Å². The number of rotatable bonds is 4. The average molecular weight is 289 g/mol. The summed E-state index contributed by atoms with van der Waals surface area (Å²) in [7, 11) is 0. The minimum Gasteiger partial charge on any atom is -0.369 e. The first-order valence-electron chi connectivity index (χ1n) is 4.87. The first-order chi connectivity index (χ1) is 6.94. The quantitative estimate of drug-likeness (QED) is 0.914. The van der Waals surface area contributed by atoms with Crippen molar-refractivity contribution in [3.8, 4) is 0 Å². The van der Waals surface area contributed by atoms with Gasteiger partial charge in [0.25, 0.3) is 0 Å². The van der Waals surface area contributed by atoms with Crippen LogP contribution in [0.5, 0.6) is 0 Å². The van der Waals surface area contributed by atoms with E-state index in [2.05, 4.69) is 46.3 Å². The fourth-order valence-electron chi connectivity index (χ4n) is 1.02. The molecule has 0 amide bonds. The number of thioether (sulfide) groups is 1. The predicted molar refractivity (Wildman–Crippen MR) is 72.8 cm³/mol.